The van der Waals surface area contributed by atoms with Crippen LogP contribution in [-0.2, 0) is 9.53 Å². The van der Waals surface area contributed by atoms with E-state index in [0.29, 0.717) is 5.02 Å². The third-order valence-electron chi connectivity index (χ3n) is 3.13. The lowest BCUT2D eigenvalue weighted by Crippen LogP contribution is -2.28. The van der Waals surface area contributed by atoms with Crippen LogP contribution in [0.1, 0.15) is 10.5 Å². The van der Waals surface area contributed by atoms with Gasteiger partial charge in [-0.1, -0.05) is 34.0 Å². The van der Waals surface area contributed by atoms with Gasteiger partial charge in [0.05, 0.1) is 0 Å². The highest BCUT2D eigenvalue weighted by atomic mass is 35.5. The van der Waals surface area contributed by atoms with Gasteiger partial charge in [-0.3, -0.25) is 0 Å². The standard InChI is InChI=1S/C15H7ClF3N3O4/c16-9-3-1-8-6-10(4-2-7(8)5-9)25-12-11(20-22-21-12)13(23)26-14(24)15(17,18)19/h1-6H,(H,20,21,22). The predicted octanol–water partition coefficient (Wildman–Crippen LogP) is 3.65. The number of alkyl halides is 3. The first-order chi connectivity index (χ1) is 12.2. The Bertz CT molecular complexity index is 1000. The number of hydrogen-bond donors (Lipinski definition) is 1. The van der Waals surface area contributed by atoms with Crippen LogP contribution >= 0.6 is 11.6 Å². The molecule has 0 spiro atoms. The van der Waals surface area contributed by atoms with Crippen molar-refractivity contribution in [2.24, 2.45) is 0 Å². The molecule has 0 aliphatic rings. The van der Waals surface area contributed by atoms with Gasteiger partial charge in [-0.05, 0) is 35.0 Å². The number of fused-ring (bicyclic) bond motifs is 1. The Morgan fingerprint density at radius 1 is 1.08 bits per heavy atom. The zero-order valence-electron chi connectivity index (χ0n) is 12.5. The Labute approximate surface area is 147 Å². The van der Waals surface area contributed by atoms with Gasteiger partial charge in [-0.25, -0.2) is 14.7 Å². The Hall–Kier alpha value is -3.14. The van der Waals surface area contributed by atoms with E-state index in [4.69, 9.17) is 16.3 Å². The number of halogens is 4. The summed E-state index contributed by atoms with van der Waals surface area (Å²) in [6.07, 6.45) is -5.32. The average molecular weight is 386 g/mol. The van der Waals surface area contributed by atoms with Crippen molar-refractivity contribution in [3.8, 4) is 11.6 Å². The maximum absolute atomic E-state index is 12.2. The highest BCUT2D eigenvalue weighted by molar-refractivity contribution is 6.31. The first kappa shape index (κ1) is 17.7. The smallest absolute Gasteiger partial charge is 0.436 e. The second-order valence-corrected chi connectivity index (χ2v) is 5.36. The molecule has 0 aliphatic carbocycles. The molecule has 0 radical (unpaired) electrons. The molecule has 134 valence electrons. The minimum atomic E-state index is -5.32. The van der Waals surface area contributed by atoms with Crippen molar-refractivity contribution in [3.05, 3.63) is 47.1 Å². The molecule has 3 rings (SSSR count). The number of nitrogens with zero attached hydrogens (tertiary/aromatic N) is 2. The molecule has 11 heteroatoms. The van der Waals surface area contributed by atoms with Crippen LogP contribution < -0.4 is 4.74 Å². The molecule has 0 saturated carbocycles. The van der Waals surface area contributed by atoms with E-state index >= 15 is 0 Å². The molecule has 2 aromatic carbocycles. The van der Waals surface area contributed by atoms with Gasteiger partial charge in [-0.15, -0.1) is 0 Å². The van der Waals surface area contributed by atoms with E-state index in [9.17, 15) is 22.8 Å². The molecule has 0 saturated heterocycles. The first-order valence-corrected chi connectivity index (χ1v) is 7.23. The maximum Gasteiger partial charge on any atom is 0.491 e. The van der Waals surface area contributed by atoms with E-state index in [2.05, 4.69) is 15.0 Å². The number of esters is 2. The molecule has 3 aromatic rings. The highest BCUT2D eigenvalue weighted by Gasteiger charge is 2.43. The van der Waals surface area contributed by atoms with E-state index in [-0.39, 0.29) is 5.75 Å². The number of aromatic amines is 1. The molecule has 0 aliphatic heterocycles. The summed E-state index contributed by atoms with van der Waals surface area (Å²) in [7, 11) is 0. The number of rotatable bonds is 3. The van der Waals surface area contributed by atoms with Crippen LogP contribution in [-0.4, -0.2) is 33.5 Å². The van der Waals surface area contributed by atoms with Gasteiger partial charge < -0.3 is 9.47 Å². The Balaban J connectivity index is 1.82. The van der Waals surface area contributed by atoms with Crippen LogP contribution in [0.5, 0.6) is 11.6 Å². The zero-order valence-corrected chi connectivity index (χ0v) is 13.3. The van der Waals surface area contributed by atoms with Gasteiger partial charge >= 0.3 is 18.1 Å². The van der Waals surface area contributed by atoms with Crippen LogP contribution in [0.15, 0.2) is 36.4 Å². The van der Waals surface area contributed by atoms with Crippen molar-refractivity contribution in [1.29, 1.82) is 0 Å². The summed E-state index contributed by atoms with van der Waals surface area (Å²) in [6, 6.07) is 9.92. The number of nitrogens with one attached hydrogen (secondary N) is 1. The average Bonchev–Trinajstić information content (AvgIpc) is 3.02. The van der Waals surface area contributed by atoms with Gasteiger partial charge in [-0.2, -0.15) is 13.2 Å². The van der Waals surface area contributed by atoms with Crippen molar-refractivity contribution in [2.45, 2.75) is 6.18 Å². The summed E-state index contributed by atoms with van der Waals surface area (Å²) >= 11 is 5.89. The molecular weight excluding hydrogens is 379 g/mol. The molecule has 1 aromatic heterocycles. The van der Waals surface area contributed by atoms with Crippen molar-refractivity contribution in [2.75, 3.05) is 0 Å². The number of hydrogen-bond acceptors (Lipinski definition) is 6. The summed E-state index contributed by atoms with van der Waals surface area (Å²) in [6.45, 7) is 0. The zero-order chi connectivity index (χ0) is 18.9. The fourth-order valence-corrected chi connectivity index (χ4v) is 2.17. The molecule has 0 atom stereocenters. The van der Waals surface area contributed by atoms with Crippen molar-refractivity contribution < 1.29 is 32.2 Å². The number of aromatic nitrogens is 3. The topological polar surface area (TPSA) is 94.2 Å². The maximum atomic E-state index is 12.2. The van der Waals surface area contributed by atoms with E-state index < -0.39 is 29.7 Å². The third-order valence-corrected chi connectivity index (χ3v) is 3.36. The minimum absolute atomic E-state index is 0.227. The number of carbonyl (C=O) groups excluding carboxylic acids is 2. The second-order valence-electron chi connectivity index (χ2n) is 4.92. The Kier molecular flexibility index (Phi) is 4.51. The lowest BCUT2D eigenvalue weighted by Gasteiger charge is -2.07. The summed E-state index contributed by atoms with van der Waals surface area (Å²) in [5, 5.41) is 10.9. The fourth-order valence-electron chi connectivity index (χ4n) is 1.99. The molecule has 1 heterocycles. The van der Waals surface area contributed by atoms with Crippen molar-refractivity contribution in [1.82, 2.24) is 15.4 Å². The van der Waals surface area contributed by atoms with E-state index in [1.807, 2.05) is 5.10 Å². The summed E-state index contributed by atoms with van der Waals surface area (Å²) in [5.74, 6) is -4.51. The van der Waals surface area contributed by atoms with Crippen molar-refractivity contribution >= 4 is 34.3 Å². The lowest BCUT2D eigenvalue weighted by atomic mass is 10.1. The van der Waals surface area contributed by atoms with Gasteiger partial charge in [0.25, 0.3) is 5.88 Å². The third kappa shape index (κ3) is 3.75. The Morgan fingerprint density at radius 3 is 2.50 bits per heavy atom. The van der Waals surface area contributed by atoms with Crippen LogP contribution in [0.4, 0.5) is 13.2 Å². The fraction of sp³-hybridized carbons (Fsp3) is 0.0667. The number of H-pyrrole nitrogens is 1. The van der Waals surface area contributed by atoms with E-state index in [0.717, 1.165) is 10.8 Å². The monoisotopic (exact) mass is 385 g/mol. The molecule has 0 unspecified atom stereocenters. The summed E-state index contributed by atoms with van der Waals surface area (Å²) in [4.78, 5) is 22.4. The quantitative estimate of drug-likeness (QED) is 0.546. The van der Waals surface area contributed by atoms with E-state index in [1.165, 1.54) is 6.07 Å². The molecule has 7 nitrogen and oxygen atoms in total. The number of ether oxygens (including phenoxy) is 2. The summed E-state index contributed by atoms with van der Waals surface area (Å²) < 4.78 is 45.6. The number of carbonyl (C=O) groups is 2. The lowest BCUT2D eigenvalue weighted by molar-refractivity contribution is -0.193. The largest absolute Gasteiger partial charge is 0.491 e. The summed E-state index contributed by atoms with van der Waals surface area (Å²) in [5.41, 5.74) is -0.640. The number of benzene rings is 2. The van der Waals surface area contributed by atoms with Crippen LogP contribution in [0.25, 0.3) is 10.8 Å². The van der Waals surface area contributed by atoms with E-state index in [1.54, 1.807) is 30.3 Å². The molecule has 0 amide bonds. The van der Waals surface area contributed by atoms with Crippen LogP contribution in [0.3, 0.4) is 0 Å². The van der Waals surface area contributed by atoms with Crippen molar-refractivity contribution in [3.63, 3.8) is 0 Å². The first-order valence-electron chi connectivity index (χ1n) is 6.85. The van der Waals surface area contributed by atoms with Gasteiger partial charge in [0.1, 0.15) is 5.75 Å². The molecular formula is C15H7ClF3N3O4. The Morgan fingerprint density at radius 2 is 1.77 bits per heavy atom. The predicted molar refractivity (Wildman–Crippen MR) is 81.9 cm³/mol. The van der Waals surface area contributed by atoms with Gasteiger partial charge in [0, 0.05) is 5.02 Å². The minimum Gasteiger partial charge on any atom is -0.436 e. The molecule has 1 N–H and O–H groups in total. The second kappa shape index (κ2) is 6.64. The molecule has 0 bridgehead atoms. The van der Waals surface area contributed by atoms with Crippen LogP contribution in [0.2, 0.25) is 5.02 Å². The molecule has 26 heavy (non-hydrogen) atoms. The molecule has 0 fully saturated rings. The van der Waals surface area contributed by atoms with Gasteiger partial charge in [0.15, 0.2) is 0 Å². The highest BCUT2D eigenvalue weighted by Crippen LogP contribution is 2.28. The van der Waals surface area contributed by atoms with Gasteiger partial charge in [0.2, 0.25) is 5.69 Å². The normalized spacial score (nSPS) is 11.4. The SMILES string of the molecule is O=C(OC(=O)C(F)(F)F)c1[nH]nnc1Oc1ccc2cc(Cl)ccc2c1. The van der Waals surface area contributed by atoms with Crippen LogP contribution in [0, 0.1) is 0 Å².